The fourth-order valence-electron chi connectivity index (χ4n) is 4.94. The molecule has 4 heterocycles. The van der Waals surface area contributed by atoms with Crippen LogP contribution in [-0.2, 0) is 13.1 Å². The van der Waals surface area contributed by atoms with Gasteiger partial charge in [-0.05, 0) is 44.5 Å². The van der Waals surface area contributed by atoms with Crippen molar-refractivity contribution in [1.82, 2.24) is 9.47 Å². The molecule has 0 radical (unpaired) electrons. The Morgan fingerprint density at radius 1 is 0.968 bits per heavy atom. The van der Waals surface area contributed by atoms with Gasteiger partial charge in [-0.1, -0.05) is 12.0 Å². The molecule has 3 fully saturated rings. The third-order valence-electron chi connectivity index (χ3n) is 7.10. The van der Waals surface area contributed by atoms with Crippen molar-refractivity contribution in [3.05, 3.63) is 36.7 Å². The van der Waals surface area contributed by atoms with Gasteiger partial charge < -0.3 is 9.38 Å². The summed E-state index contributed by atoms with van der Waals surface area (Å²) in [7, 11) is 0. The quantitative estimate of drug-likeness (QED) is 0.332. The topological polar surface area (TPSA) is 40.0 Å². The Kier molecular flexibility index (Phi) is 7.02. The summed E-state index contributed by atoms with van der Waals surface area (Å²) in [5, 5.41) is 9.06. The first kappa shape index (κ1) is 22.0. The highest BCUT2D eigenvalue weighted by molar-refractivity contribution is 5.52. The summed E-state index contributed by atoms with van der Waals surface area (Å²) >= 11 is 0. The van der Waals surface area contributed by atoms with Gasteiger partial charge in [0.2, 0.25) is 0 Å². The molecule has 0 saturated carbocycles. The largest absolute Gasteiger partial charge is 0.421 e. The number of benzene rings is 1. The minimum Gasteiger partial charge on any atom is -0.366 e. The van der Waals surface area contributed by atoms with Gasteiger partial charge in [-0.15, -0.1) is 0 Å². The maximum absolute atomic E-state index is 4.54. The molecular formula is C24H39N7+2. The van der Waals surface area contributed by atoms with Crippen LogP contribution in [0.2, 0.25) is 0 Å². The van der Waals surface area contributed by atoms with Crippen LogP contribution in [0.1, 0.15) is 27.2 Å². The van der Waals surface area contributed by atoms with Crippen LogP contribution in [0.25, 0.3) is 0 Å². The summed E-state index contributed by atoms with van der Waals surface area (Å²) in [4.78, 5) is 5.18. The average Bonchev–Trinajstić information content (AvgIpc) is 3.24. The third kappa shape index (κ3) is 4.99. The summed E-state index contributed by atoms with van der Waals surface area (Å²) in [6.45, 7) is 19.7. The van der Waals surface area contributed by atoms with Crippen LogP contribution in [0.3, 0.4) is 0 Å². The van der Waals surface area contributed by atoms with E-state index in [1.165, 1.54) is 62.4 Å². The maximum atomic E-state index is 4.54. The third-order valence-corrected chi connectivity index (χ3v) is 7.10. The number of imidazole rings is 1. The average molecular weight is 426 g/mol. The van der Waals surface area contributed by atoms with Crippen LogP contribution >= 0.6 is 0 Å². The molecule has 3 saturated heterocycles. The summed E-state index contributed by atoms with van der Waals surface area (Å²) in [6.07, 6.45) is 5.30. The van der Waals surface area contributed by atoms with E-state index in [2.05, 4.69) is 86.6 Å². The lowest BCUT2D eigenvalue weighted by atomic mass is 10.1. The highest BCUT2D eigenvalue weighted by Crippen LogP contribution is 2.24. The Bertz CT molecular complexity index is 827. The Hall–Kier alpha value is -2.25. The molecule has 7 heteroatoms. The number of aryl methyl sites for hydroxylation is 2. The Morgan fingerprint density at radius 3 is 2.29 bits per heavy atom. The SMILES string of the molecule is CCCN(CC[N+]12CCN(CC1)CC2)c1ccc(/N=N/c2n(CC)cc[n+]2CC)cc1. The number of aromatic nitrogens is 2. The highest BCUT2D eigenvalue weighted by atomic mass is 15.5. The predicted octanol–water partition coefficient (Wildman–Crippen LogP) is 3.59. The monoisotopic (exact) mass is 425 g/mol. The van der Waals surface area contributed by atoms with Crippen molar-refractivity contribution in [2.75, 3.05) is 63.8 Å². The van der Waals surface area contributed by atoms with Crippen LogP contribution in [0.15, 0.2) is 46.9 Å². The zero-order chi connectivity index (χ0) is 21.7. The lowest BCUT2D eigenvalue weighted by molar-refractivity contribution is -0.939. The fourth-order valence-corrected chi connectivity index (χ4v) is 4.94. The van der Waals surface area contributed by atoms with Crippen molar-refractivity contribution in [3.8, 4) is 0 Å². The number of hydrogen-bond acceptors (Lipinski definition) is 4. The molecule has 0 N–H and O–H groups in total. The van der Waals surface area contributed by atoms with Crippen molar-refractivity contribution in [2.24, 2.45) is 10.2 Å². The van der Waals surface area contributed by atoms with Gasteiger partial charge in [-0.2, -0.15) is 0 Å². The molecule has 168 valence electrons. The van der Waals surface area contributed by atoms with E-state index in [4.69, 9.17) is 0 Å². The van der Waals surface area contributed by atoms with Crippen LogP contribution in [0, 0.1) is 0 Å². The van der Waals surface area contributed by atoms with E-state index < -0.39 is 0 Å². The molecule has 2 bridgehead atoms. The van der Waals surface area contributed by atoms with Crippen molar-refractivity contribution in [3.63, 3.8) is 0 Å². The van der Waals surface area contributed by atoms with E-state index in [0.29, 0.717) is 0 Å². The normalized spacial score (nSPS) is 23.0. The fraction of sp³-hybridized carbons (Fsp3) is 0.625. The minimum atomic E-state index is 0.893. The van der Waals surface area contributed by atoms with Crippen molar-refractivity contribution < 1.29 is 9.05 Å². The lowest BCUT2D eigenvalue weighted by Gasteiger charge is -2.51. The molecule has 3 aliphatic rings. The summed E-state index contributed by atoms with van der Waals surface area (Å²) in [5.41, 5.74) is 2.20. The molecule has 5 rings (SSSR count). The Balaban J connectivity index is 1.42. The smallest absolute Gasteiger partial charge is 0.366 e. The minimum absolute atomic E-state index is 0.893. The summed E-state index contributed by atoms with van der Waals surface area (Å²) in [5.74, 6) is 0.900. The van der Waals surface area contributed by atoms with E-state index in [1.807, 2.05) is 0 Å². The number of hydrogen-bond donors (Lipinski definition) is 0. The molecule has 2 aromatic rings. The molecule has 0 aliphatic carbocycles. The molecule has 0 atom stereocenters. The highest BCUT2D eigenvalue weighted by Gasteiger charge is 2.38. The van der Waals surface area contributed by atoms with E-state index in [9.17, 15) is 0 Å². The van der Waals surface area contributed by atoms with Gasteiger partial charge in [-0.25, -0.2) is 9.13 Å². The number of azo groups is 1. The van der Waals surface area contributed by atoms with Gasteiger partial charge in [0.05, 0.1) is 58.2 Å². The van der Waals surface area contributed by atoms with Crippen LogP contribution in [0.5, 0.6) is 0 Å². The number of fused-ring (bicyclic) bond motifs is 3. The van der Waals surface area contributed by atoms with E-state index in [-0.39, 0.29) is 0 Å². The Morgan fingerprint density at radius 2 is 1.68 bits per heavy atom. The van der Waals surface area contributed by atoms with Crippen LogP contribution in [-0.4, -0.2) is 72.9 Å². The van der Waals surface area contributed by atoms with Crippen molar-refractivity contribution in [2.45, 2.75) is 40.3 Å². The number of anilines is 1. The molecule has 0 spiro atoms. The first-order valence-electron chi connectivity index (χ1n) is 12.1. The first-order valence-corrected chi connectivity index (χ1v) is 12.1. The molecule has 0 amide bonds. The molecule has 0 unspecified atom stereocenters. The second kappa shape index (κ2) is 9.92. The van der Waals surface area contributed by atoms with Gasteiger partial charge >= 0.3 is 5.95 Å². The number of piperazine rings is 3. The second-order valence-electron chi connectivity index (χ2n) is 8.95. The standard InChI is InChI=1S/C24H39N7/c1-4-11-30(17-21-31-18-14-27(15-19-31)16-20-31)23-9-7-22(8-10-23)25-26-24-28(5-2)12-13-29(24)6-3/h7-10,12-13H,4-6,11,14-21H2,1-3H3/q+2. The zero-order valence-corrected chi connectivity index (χ0v) is 19.6. The molecular weight excluding hydrogens is 386 g/mol. The van der Waals surface area contributed by atoms with E-state index in [1.54, 1.807) is 0 Å². The maximum Gasteiger partial charge on any atom is 0.421 e. The molecule has 1 aromatic carbocycles. The van der Waals surface area contributed by atoms with Crippen molar-refractivity contribution >= 4 is 17.3 Å². The summed E-state index contributed by atoms with van der Waals surface area (Å²) in [6, 6.07) is 8.63. The molecule has 31 heavy (non-hydrogen) atoms. The number of quaternary nitrogens is 1. The van der Waals surface area contributed by atoms with Crippen molar-refractivity contribution in [1.29, 1.82) is 0 Å². The van der Waals surface area contributed by atoms with E-state index in [0.717, 1.165) is 37.8 Å². The van der Waals surface area contributed by atoms with Gasteiger partial charge in [0.25, 0.3) is 0 Å². The van der Waals surface area contributed by atoms with Gasteiger partial charge in [0, 0.05) is 37.0 Å². The van der Waals surface area contributed by atoms with Crippen LogP contribution in [0.4, 0.5) is 17.3 Å². The number of rotatable bonds is 10. The lowest BCUT2D eigenvalue weighted by Crippen LogP contribution is -2.68. The van der Waals surface area contributed by atoms with E-state index >= 15 is 0 Å². The van der Waals surface area contributed by atoms with Gasteiger partial charge in [0.15, 0.2) is 0 Å². The Labute approximate surface area is 187 Å². The predicted molar refractivity (Wildman–Crippen MR) is 125 cm³/mol. The van der Waals surface area contributed by atoms with Gasteiger partial charge in [0.1, 0.15) is 5.69 Å². The van der Waals surface area contributed by atoms with Gasteiger partial charge in [-0.3, -0.25) is 4.90 Å². The molecule has 3 aliphatic heterocycles. The van der Waals surface area contributed by atoms with Crippen LogP contribution < -0.4 is 9.47 Å². The second-order valence-corrected chi connectivity index (χ2v) is 8.95. The zero-order valence-electron chi connectivity index (χ0n) is 19.6. The molecule has 1 aromatic heterocycles. The number of nitrogens with zero attached hydrogens (tertiary/aromatic N) is 7. The summed E-state index contributed by atoms with van der Waals surface area (Å²) < 4.78 is 5.56. The first-order chi connectivity index (χ1) is 15.2. The molecule has 7 nitrogen and oxygen atoms in total.